The van der Waals surface area contributed by atoms with Crippen molar-refractivity contribution in [2.75, 3.05) is 6.61 Å². The van der Waals surface area contributed by atoms with Crippen molar-refractivity contribution < 1.29 is 9.90 Å². The highest BCUT2D eigenvalue weighted by Gasteiger charge is 2.25. The molecule has 0 bridgehead atoms. The molecular weight excluding hydrogens is 228 g/mol. The molecule has 3 unspecified atom stereocenters. The van der Waals surface area contributed by atoms with Crippen molar-refractivity contribution in [2.24, 2.45) is 5.92 Å². The Bertz CT molecular complexity index is 246. The third-order valence-electron chi connectivity index (χ3n) is 4.06. The molecule has 4 nitrogen and oxygen atoms in total. The first-order valence-corrected chi connectivity index (χ1v) is 7.39. The molecule has 0 spiro atoms. The SMILES string of the molecule is CCC(CCO)NC(=O)NC1CCCCC1CC. The van der Waals surface area contributed by atoms with Crippen LogP contribution in [0, 0.1) is 5.92 Å². The van der Waals surface area contributed by atoms with Gasteiger partial charge in [0.25, 0.3) is 0 Å². The lowest BCUT2D eigenvalue weighted by atomic mass is 9.83. The second-order valence-electron chi connectivity index (χ2n) is 5.29. The number of rotatable bonds is 6. The topological polar surface area (TPSA) is 61.4 Å². The van der Waals surface area contributed by atoms with Gasteiger partial charge >= 0.3 is 6.03 Å². The number of amides is 2. The summed E-state index contributed by atoms with van der Waals surface area (Å²) < 4.78 is 0. The van der Waals surface area contributed by atoms with Gasteiger partial charge in [-0.1, -0.05) is 33.1 Å². The molecule has 1 rings (SSSR count). The van der Waals surface area contributed by atoms with Crippen LogP contribution in [0.2, 0.25) is 0 Å². The Morgan fingerprint density at radius 3 is 2.67 bits per heavy atom. The molecule has 0 radical (unpaired) electrons. The van der Waals surface area contributed by atoms with Gasteiger partial charge in [-0.3, -0.25) is 0 Å². The van der Waals surface area contributed by atoms with Gasteiger partial charge in [0.15, 0.2) is 0 Å². The van der Waals surface area contributed by atoms with Crippen LogP contribution in [0.3, 0.4) is 0 Å². The fourth-order valence-corrected chi connectivity index (χ4v) is 2.82. The van der Waals surface area contributed by atoms with Crippen molar-refractivity contribution in [1.82, 2.24) is 10.6 Å². The van der Waals surface area contributed by atoms with Gasteiger partial charge in [0, 0.05) is 18.7 Å². The largest absolute Gasteiger partial charge is 0.396 e. The third-order valence-corrected chi connectivity index (χ3v) is 4.06. The molecule has 1 fully saturated rings. The van der Waals surface area contributed by atoms with Gasteiger partial charge in [0.2, 0.25) is 0 Å². The standard InChI is InChI=1S/C14H28N2O2/c1-3-11-7-5-6-8-13(11)16-14(18)15-12(4-2)9-10-17/h11-13,17H,3-10H2,1-2H3,(H2,15,16,18). The first-order chi connectivity index (χ1) is 8.71. The van der Waals surface area contributed by atoms with Crippen molar-refractivity contribution in [3.05, 3.63) is 0 Å². The smallest absolute Gasteiger partial charge is 0.315 e. The van der Waals surface area contributed by atoms with Crippen molar-refractivity contribution in [3.63, 3.8) is 0 Å². The summed E-state index contributed by atoms with van der Waals surface area (Å²) in [5, 5.41) is 15.0. The first kappa shape index (κ1) is 15.3. The molecule has 3 atom stereocenters. The zero-order chi connectivity index (χ0) is 13.4. The Hall–Kier alpha value is -0.770. The molecule has 1 aliphatic rings. The van der Waals surface area contributed by atoms with Gasteiger partial charge in [0.05, 0.1) is 0 Å². The Kier molecular flexibility index (Phi) is 7.09. The van der Waals surface area contributed by atoms with Gasteiger partial charge in [-0.2, -0.15) is 0 Å². The van der Waals surface area contributed by atoms with E-state index in [4.69, 9.17) is 5.11 Å². The average Bonchev–Trinajstić information content (AvgIpc) is 2.38. The molecule has 106 valence electrons. The Balaban J connectivity index is 2.37. The van der Waals surface area contributed by atoms with Crippen molar-refractivity contribution in [3.8, 4) is 0 Å². The number of nitrogens with one attached hydrogen (secondary N) is 2. The van der Waals surface area contributed by atoms with Crippen LogP contribution in [0.4, 0.5) is 4.79 Å². The maximum Gasteiger partial charge on any atom is 0.315 e. The van der Waals surface area contributed by atoms with E-state index in [2.05, 4.69) is 17.6 Å². The van der Waals surface area contributed by atoms with Crippen LogP contribution in [-0.2, 0) is 0 Å². The summed E-state index contributed by atoms with van der Waals surface area (Å²) in [5.74, 6) is 0.627. The Morgan fingerprint density at radius 2 is 2.06 bits per heavy atom. The molecule has 0 saturated heterocycles. The van der Waals surface area contributed by atoms with Gasteiger partial charge in [-0.15, -0.1) is 0 Å². The number of hydrogen-bond acceptors (Lipinski definition) is 2. The van der Waals surface area contributed by atoms with Crippen molar-refractivity contribution >= 4 is 6.03 Å². The minimum absolute atomic E-state index is 0.0688. The fraction of sp³-hybridized carbons (Fsp3) is 0.929. The monoisotopic (exact) mass is 256 g/mol. The molecule has 18 heavy (non-hydrogen) atoms. The van der Waals surface area contributed by atoms with E-state index in [-0.39, 0.29) is 18.7 Å². The molecule has 1 saturated carbocycles. The van der Waals surface area contributed by atoms with E-state index in [1.54, 1.807) is 0 Å². The molecule has 2 amide bonds. The summed E-state index contributed by atoms with van der Waals surface area (Å²) in [5.41, 5.74) is 0. The summed E-state index contributed by atoms with van der Waals surface area (Å²) >= 11 is 0. The number of urea groups is 1. The van der Waals surface area contributed by atoms with Gasteiger partial charge in [-0.05, 0) is 31.6 Å². The number of aliphatic hydroxyl groups is 1. The van der Waals surface area contributed by atoms with Crippen LogP contribution in [0.25, 0.3) is 0 Å². The molecule has 4 heteroatoms. The normalized spacial score (nSPS) is 25.5. The van der Waals surface area contributed by atoms with Crippen LogP contribution < -0.4 is 10.6 Å². The van der Waals surface area contributed by atoms with E-state index < -0.39 is 0 Å². The predicted molar refractivity (Wildman–Crippen MR) is 73.5 cm³/mol. The predicted octanol–water partition coefficient (Wildman–Crippen LogP) is 2.42. The highest BCUT2D eigenvalue weighted by molar-refractivity contribution is 5.74. The lowest BCUT2D eigenvalue weighted by Crippen LogP contribution is -2.49. The van der Waals surface area contributed by atoms with Crippen LogP contribution >= 0.6 is 0 Å². The highest BCUT2D eigenvalue weighted by atomic mass is 16.3. The summed E-state index contributed by atoms with van der Waals surface area (Å²) in [6.45, 7) is 4.35. The zero-order valence-corrected chi connectivity index (χ0v) is 11.7. The van der Waals surface area contributed by atoms with E-state index in [0.717, 1.165) is 19.3 Å². The second kappa shape index (κ2) is 8.35. The summed E-state index contributed by atoms with van der Waals surface area (Å²) in [6, 6.07) is 0.342. The van der Waals surface area contributed by atoms with Crippen LogP contribution in [-0.4, -0.2) is 29.8 Å². The van der Waals surface area contributed by atoms with Crippen LogP contribution in [0.1, 0.15) is 58.8 Å². The lowest BCUT2D eigenvalue weighted by molar-refractivity contribution is 0.207. The summed E-state index contributed by atoms with van der Waals surface area (Å²) in [4.78, 5) is 11.9. The minimum atomic E-state index is -0.0688. The van der Waals surface area contributed by atoms with E-state index in [1.807, 2.05) is 6.92 Å². The number of hydrogen-bond donors (Lipinski definition) is 3. The van der Waals surface area contributed by atoms with Gasteiger partial charge < -0.3 is 15.7 Å². The Labute approximate surface area is 111 Å². The molecular formula is C14H28N2O2. The second-order valence-corrected chi connectivity index (χ2v) is 5.29. The molecule has 0 aromatic carbocycles. The fourth-order valence-electron chi connectivity index (χ4n) is 2.82. The van der Waals surface area contributed by atoms with Gasteiger partial charge in [-0.25, -0.2) is 4.79 Å². The third kappa shape index (κ3) is 4.84. The summed E-state index contributed by atoms with van der Waals surface area (Å²) in [7, 11) is 0. The van der Waals surface area contributed by atoms with E-state index in [1.165, 1.54) is 19.3 Å². The molecule has 0 heterocycles. The molecule has 0 aromatic rings. The van der Waals surface area contributed by atoms with Crippen LogP contribution in [0.15, 0.2) is 0 Å². The van der Waals surface area contributed by atoms with Crippen molar-refractivity contribution in [1.29, 1.82) is 0 Å². The average molecular weight is 256 g/mol. The first-order valence-electron chi connectivity index (χ1n) is 7.39. The Morgan fingerprint density at radius 1 is 1.33 bits per heavy atom. The highest BCUT2D eigenvalue weighted by Crippen LogP contribution is 2.26. The molecule has 1 aliphatic carbocycles. The van der Waals surface area contributed by atoms with E-state index in [0.29, 0.717) is 18.4 Å². The zero-order valence-electron chi connectivity index (χ0n) is 11.7. The van der Waals surface area contributed by atoms with E-state index >= 15 is 0 Å². The van der Waals surface area contributed by atoms with Crippen molar-refractivity contribution in [2.45, 2.75) is 70.9 Å². The maximum atomic E-state index is 11.9. The lowest BCUT2D eigenvalue weighted by Gasteiger charge is -2.32. The number of carbonyl (C=O) groups excluding carboxylic acids is 1. The molecule has 0 aromatic heterocycles. The number of carbonyl (C=O) groups is 1. The van der Waals surface area contributed by atoms with E-state index in [9.17, 15) is 4.79 Å². The quantitative estimate of drug-likeness (QED) is 0.683. The van der Waals surface area contributed by atoms with Gasteiger partial charge in [0.1, 0.15) is 0 Å². The molecule has 3 N–H and O–H groups in total. The minimum Gasteiger partial charge on any atom is -0.396 e. The maximum absolute atomic E-state index is 11.9. The van der Waals surface area contributed by atoms with Crippen LogP contribution in [0.5, 0.6) is 0 Å². The summed E-state index contributed by atoms with van der Waals surface area (Å²) in [6.07, 6.45) is 7.47. The molecule has 0 aliphatic heterocycles. The number of aliphatic hydroxyl groups excluding tert-OH is 1.